The number of carbonyl (C=O) groups excluding carboxylic acids is 1. The van der Waals surface area contributed by atoms with Crippen LogP contribution in [0.4, 0.5) is 0 Å². The van der Waals surface area contributed by atoms with E-state index in [-0.39, 0.29) is 18.3 Å². The van der Waals surface area contributed by atoms with Crippen molar-refractivity contribution in [2.24, 2.45) is 0 Å². The minimum absolute atomic E-state index is 0.184. The molecule has 0 saturated carbocycles. The molecule has 116 valence electrons. The maximum atomic E-state index is 10.7. The molecule has 6 nitrogen and oxygen atoms in total. The highest BCUT2D eigenvalue weighted by Crippen LogP contribution is 2.40. The molecule has 1 aromatic carbocycles. The van der Waals surface area contributed by atoms with Crippen molar-refractivity contribution in [3.63, 3.8) is 0 Å². The molecule has 3 aliphatic rings. The average molecular weight is 304 g/mol. The summed E-state index contributed by atoms with van der Waals surface area (Å²) in [6, 6.07) is 7.15. The van der Waals surface area contributed by atoms with E-state index in [2.05, 4.69) is 0 Å². The van der Waals surface area contributed by atoms with Crippen LogP contribution in [0.5, 0.6) is 0 Å². The maximum absolute atomic E-state index is 10.7. The third-order valence-corrected chi connectivity index (χ3v) is 4.12. The first-order valence-electron chi connectivity index (χ1n) is 7.39. The van der Waals surface area contributed by atoms with Gasteiger partial charge in [0.2, 0.25) is 0 Å². The van der Waals surface area contributed by atoms with Gasteiger partial charge in [-0.1, -0.05) is 24.3 Å². The Morgan fingerprint density at radius 1 is 1.18 bits per heavy atom. The van der Waals surface area contributed by atoms with Crippen molar-refractivity contribution >= 4 is 18.9 Å². The summed E-state index contributed by atoms with van der Waals surface area (Å²) in [7, 11) is -0.489. The summed E-state index contributed by atoms with van der Waals surface area (Å²) in [5.74, 6) is -0.664. The molecule has 4 rings (SSSR count). The summed E-state index contributed by atoms with van der Waals surface area (Å²) in [6.07, 6.45) is -0.262. The van der Waals surface area contributed by atoms with Crippen LogP contribution in [-0.2, 0) is 23.5 Å². The zero-order valence-corrected chi connectivity index (χ0v) is 12.4. The number of ether oxygens (including phenoxy) is 3. The quantitative estimate of drug-likeness (QED) is 0.585. The van der Waals surface area contributed by atoms with Gasteiger partial charge in [-0.2, -0.15) is 0 Å². The lowest BCUT2D eigenvalue weighted by molar-refractivity contribution is -0.221. The molecule has 0 amide bonds. The van der Waals surface area contributed by atoms with Crippen LogP contribution >= 0.6 is 0 Å². The van der Waals surface area contributed by atoms with E-state index in [4.69, 9.17) is 23.5 Å². The molecule has 0 aromatic heterocycles. The number of aldehydes is 1. The predicted molar refractivity (Wildman–Crippen MR) is 76.7 cm³/mol. The molecule has 0 unspecified atom stereocenters. The molecular formula is C15H17BO6. The second-order valence-electron chi connectivity index (χ2n) is 6.19. The third kappa shape index (κ3) is 2.39. The van der Waals surface area contributed by atoms with Crippen LogP contribution in [0.15, 0.2) is 24.3 Å². The molecule has 22 heavy (non-hydrogen) atoms. The lowest BCUT2D eigenvalue weighted by Crippen LogP contribution is -2.53. The number of hydrogen-bond acceptors (Lipinski definition) is 6. The van der Waals surface area contributed by atoms with E-state index in [0.29, 0.717) is 12.2 Å². The molecule has 0 radical (unpaired) electrons. The average Bonchev–Trinajstić information content (AvgIpc) is 2.98. The number of carbonyl (C=O) groups is 1. The molecule has 0 spiro atoms. The van der Waals surface area contributed by atoms with Gasteiger partial charge in [-0.15, -0.1) is 0 Å². The zero-order valence-electron chi connectivity index (χ0n) is 12.4. The van der Waals surface area contributed by atoms with Crippen molar-refractivity contribution in [1.82, 2.24) is 0 Å². The van der Waals surface area contributed by atoms with Gasteiger partial charge >= 0.3 is 7.12 Å². The van der Waals surface area contributed by atoms with Crippen LogP contribution in [0.2, 0.25) is 0 Å². The second kappa shape index (κ2) is 5.14. The highest BCUT2D eigenvalue weighted by Gasteiger charge is 2.57. The largest absolute Gasteiger partial charge is 0.494 e. The van der Waals surface area contributed by atoms with Crippen LogP contribution in [0.1, 0.15) is 24.2 Å². The van der Waals surface area contributed by atoms with Crippen molar-refractivity contribution < 1.29 is 28.3 Å². The molecular weight excluding hydrogens is 287 g/mol. The van der Waals surface area contributed by atoms with Crippen molar-refractivity contribution in [2.45, 2.75) is 44.2 Å². The van der Waals surface area contributed by atoms with Crippen molar-refractivity contribution in [3.8, 4) is 0 Å². The Hall–Kier alpha value is -1.25. The van der Waals surface area contributed by atoms with E-state index in [1.807, 2.05) is 26.0 Å². The minimum atomic E-state index is -0.664. The van der Waals surface area contributed by atoms with E-state index in [9.17, 15) is 4.79 Å². The van der Waals surface area contributed by atoms with Crippen LogP contribution in [0.25, 0.3) is 0 Å². The fraction of sp³-hybridized carbons (Fsp3) is 0.533. The molecule has 4 atom stereocenters. The third-order valence-electron chi connectivity index (χ3n) is 4.12. The second-order valence-corrected chi connectivity index (χ2v) is 6.19. The molecule has 0 bridgehead atoms. The van der Waals surface area contributed by atoms with Crippen molar-refractivity contribution in [3.05, 3.63) is 29.8 Å². The van der Waals surface area contributed by atoms with Gasteiger partial charge in [0, 0.05) is 5.56 Å². The number of benzene rings is 1. The Bertz CT molecular complexity index is 574. The van der Waals surface area contributed by atoms with Gasteiger partial charge < -0.3 is 23.5 Å². The Labute approximate surface area is 128 Å². The van der Waals surface area contributed by atoms with Gasteiger partial charge in [0.15, 0.2) is 12.1 Å². The summed E-state index contributed by atoms with van der Waals surface area (Å²) in [5.41, 5.74) is 1.49. The smallest absolute Gasteiger partial charge is 0.404 e. The number of fused-ring (bicyclic) bond motifs is 3. The zero-order chi connectivity index (χ0) is 15.3. The first-order chi connectivity index (χ1) is 10.6. The first-order valence-corrected chi connectivity index (χ1v) is 7.39. The van der Waals surface area contributed by atoms with Crippen LogP contribution in [0, 0.1) is 0 Å². The standard InChI is InChI=1S/C15H17BO6/c1-15(2)20-13-12-11(19-14(13)21-15)8-18-16(22-12)10-5-3-9(7-17)4-6-10/h3-7,11-14H,8H2,1-2H3/t11-,12+,13-,14-/m1/s1. The van der Waals surface area contributed by atoms with Crippen molar-refractivity contribution in [2.75, 3.05) is 6.61 Å². The van der Waals surface area contributed by atoms with Gasteiger partial charge in [0.05, 0.1) is 6.61 Å². The van der Waals surface area contributed by atoms with Gasteiger partial charge in [-0.25, -0.2) is 0 Å². The Balaban J connectivity index is 1.51. The summed E-state index contributed by atoms with van der Waals surface area (Å²) in [5, 5.41) is 0. The number of rotatable bonds is 2. The highest BCUT2D eigenvalue weighted by atomic mass is 16.8. The fourth-order valence-electron chi connectivity index (χ4n) is 3.12. The van der Waals surface area contributed by atoms with E-state index in [1.54, 1.807) is 12.1 Å². The van der Waals surface area contributed by atoms with Crippen LogP contribution < -0.4 is 5.46 Å². The van der Waals surface area contributed by atoms with Crippen LogP contribution in [0.3, 0.4) is 0 Å². The van der Waals surface area contributed by atoms with Crippen molar-refractivity contribution in [1.29, 1.82) is 0 Å². The van der Waals surface area contributed by atoms with Gasteiger partial charge in [-0.3, -0.25) is 4.79 Å². The molecule has 1 aromatic rings. The fourth-order valence-corrected chi connectivity index (χ4v) is 3.12. The Morgan fingerprint density at radius 3 is 2.68 bits per heavy atom. The lowest BCUT2D eigenvalue weighted by Gasteiger charge is -2.32. The molecule has 0 N–H and O–H groups in total. The summed E-state index contributed by atoms with van der Waals surface area (Å²) in [6.45, 7) is 4.14. The Morgan fingerprint density at radius 2 is 1.95 bits per heavy atom. The maximum Gasteiger partial charge on any atom is 0.494 e. The SMILES string of the molecule is CC1(C)O[C@H]2O[C@@H]3COB(c4ccc(C=O)cc4)O[C@@H]3[C@H]2O1. The van der Waals surface area contributed by atoms with E-state index < -0.39 is 19.2 Å². The van der Waals surface area contributed by atoms with E-state index in [1.165, 1.54) is 0 Å². The summed E-state index contributed by atoms with van der Waals surface area (Å²) < 4.78 is 29.2. The lowest BCUT2D eigenvalue weighted by atomic mass is 9.76. The predicted octanol–water partition coefficient (Wildman–Crippen LogP) is 0.486. The van der Waals surface area contributed by atoms with Gasteiger partial charge in [-0.05, 0) is 19.3 Å². The van der Waals surface area contributed by atoms with Gasteiger partial charge in [0.25, 0.3) is 0 Å². The van der Waals surface area contributed by atoms with E-state index in [0.717, 1.165) is 11.7 Å². The van der Waals surface area contributed by atoms with Crippen LogP contribution in [-0.4, -0.2) is 50.4 Å². The molecule has 3 aliphatic heterocycles. The normalized spacial score (nSPS) is 36.0. The molecule has 3 fully saturated rings. The monoisotopic (exact) mass is 304 g/mol. The number of hydrogen-bond donors (Lipinski definition) is 0. The molecule has 3 saturated heterocycles. The highest BCUT2D eigenvalue weighted by molar-refractivity contribution is 6.61. The molecule has 3 heterocycles. The summed E-state index contributed by atoms with van der Waals surface area (Å²) >= 11 is 0. The molecule has 0 aliphatic carbocycles. The Kier molecular flexibility index (Phi) is 3.36. The summed E-state index contributed by atoms with van der Waals surface area (Å²) in [4.78, 5) is 10.7. The first kappa shape index (κ1) is 14.4. The molecule has 7 heteroatoms. The van der Waals surface area contributed by atoms with E-state index >= 15 is 0 Å². The minimum Gasteiger partial charge on any atom is -0.404 e. The van der Waals surface area contributed by atoms with Gasteiger partial charge in [0.1, 0.15) is 24.6 Å². The topological polar surface area (TPSA) is 63.2 Å².